The number of furan rings is 1. The van der Waals surface area contributed by atoms with Crippen LogP contribution in [0, 0.1) is 13.8 Å². The molecule has 1 unspecified atom stereocenters. The molecule has 0 amide bonds. The van der Waals surface area contributed by atoms with E-state index in [0.29, 0.717) is 0 Å². The zero-order valence-corrected chi connectivity index (χ0v) is 11.6. The van der Waals surface area contributed by atoms with E-state index in [1.807, 2.05) is 32.0 Å². The third kappa shape index (κ3) is 2.99. The van der Waals surface area contributed by atoms with Crippen LogP contribution >= 0.6 is 15.9 Å². The van der Waals surface area contributed by atoms with Crippen molar-refractivity contribution >= 4 is 15.9 Å². The molecule has 2 aromatic rings. The Morgan fingerprint density at radius 2 is 1.88 bits per heavy atom. The lowest BCUT2D eigenvalue weighted by atomic mass is 10.00. The van der Waals surface area contributed by atoms with Gasteiger partial charge in [-0.2, -0.15) is 0 Å². The monoisotopic (exact) mass is 293 g/mol. The van der Waals surface area contributed by atoms with E-state index >= 15 is 0 Å². The molecule has 0 fully saturated rings. The Bertz CT molecular complexity index is 501. The Labute approximate surface area is 110 Å². The lowest BCUT2D eigenvalue weighted by molar-refractivity contribution is 0.497. The summed E-state index contributed by atoms with van der Waals surface area (Å²) in [4.78, 5) is 0. The molecule has 2 N–H and O–H groups in total. The first-order valence-corrected chi connectivity index (χ1v) is 6.42. The molecule has 0 spiro atoms. The van der Waals surface area contributed by atoms with E-state index in [-0.39, 0.29) is 6.04 Å². The number of nitrogens with two attached hydrogens (primary N) is 1. The molecule has 0 aliphatic rings. The van der Waals surface area contributed by atoms with Crippen LogP contribution in [0.1, 0.15) is 28.7 Å². The summed E-state index contributed by atoms with van der Waals surface area (Å²) >= 11 is 3.43. The third-order valence-electron chi connectivity index (χ3n) is 2.85. The first-order valence-electron chi connectivity index (χ1n) is 5.63. The molecule has 2 rings (SSSR count). The molecule has 2 nitrogen and oxygen atoms in total. The molecule has 1 aromatic heterocycles. The predicted octanol–water partition coefficient (Wildman–Crippen LogP) is 3.90. The van der Waals surface area contributed by atoms with Crippen LogP contribution in [0.3, 0.4) is 0 Å². The molecule has 17 heavy (non-hydrogen) atoms. The Kier molecular flexibility index (Phi) is 3.69. The van der Waals surface area contributed by atoms with Gasteiger partial charge in [-0.05, 0) is 44.0 Å². The second kappa shape index (κ2) is 5.07. The number of halogens is 1. The van der Waals surface area contributed by atoms with Gasteiger partial charge in [0.25, 0.3) is 0 Å². The maximum atomic E-state index is 6.21. The Hall–Kier alpha value is -1.06. The molecular formula is C14H16BrNO. The summed E-state index contributed by atoms with van der Waals surface area (Å²) < 4.78 is 6.59. The maximum absolute atomic E-state index is 6.21. The van der Waals surface area contributed by atoms with Crippen molar-refractivity contribution in [3.8, 4) is 0 Å². The van der Waals surface area contributed by atoms with E-state index in [0.717, 1.165) is 28.0 Å². The van der Waals surface area contributed by atoms with Gasteiger partial charge in [-0.1, -0.05) is 28.1 Å². The van der Waals surface area contributed by atoms with Gasteiger partial charge >= 0.3 is 0 Å². The molecule has 0 saturated carbocycles. The molecule has 1 atom stereocenters. The van der Waals surface area contributed by atoms with Crippen molar-refractivity contribution in [1.29, 1.82) is 0 Å². The SMILES string of the molecule is Cc1cc(C(N)Cc2ccc(Br)cc2)c(C)o1. The minimum Gasteiger partial charge on any atom is -0.466 e. The molecule has 0 aliphatic carbocycles. The van der Waals surface area contributed by atoms with E-state index in [9.17, 15) is 0 Å². The van der Waals surface area contributed by atoms with Crippen molar-refractivity contribution in [2.75, 3.05) is 0 Å². The van der Waals surface area contributed by atoms with E-state index in [1.165, 1.54) is 5.56 Å². The molecule has 0 saturated heterocycles. The molecule has 90 valence electrons. The van der Waals surface area contributed by atoms with Gasteiger partial charge in [0.2, 0.25) is 0 Å². The van der Waals surface area contributed by atoms with Gasteiger partial charge in [-0.25, -0.2) is 0 Å². The second-order valence-electron chi connectivity index (χ2n) is 4.31. The molecule has 3 heteroatoms. The largest absolute Gasteiger partial charge is 0.466 e. The lowest BCUT2D eigenvalue weighted by Crippen LogP contribution is -2.13. The minimum atomic E-state index is -0.00590. The van der Waals surface area contributed by atoms with Crippen LogP contribution in [-0.4, -0.2) is 0 Å². The van der Waals surface area contributed by atoms with Gasteiger partial charge in [0, 0.05) is 16.1 Å². The van der Waals surface area contributed by atoms with Gasteiger partial charge in [0.05, 0.1) is 0 Å². The number of hydrogen-bond donors (Lipinski definition) is 1. The maximum Gasteiger partial charge on any atom is 0.105 e. The van der Waals surface area contributed by atoms with E-state index in [2.05, 4.69) is 28.1 Å². The van der Waals surface area contributed by atoms with Crippen molar-refractivity contribution < 1.29 is 4.42 Å². The predicted molar refractivity (Wildman–Crippen MR) is 73.0 cm³/mol. The van der Waals surface area contributed by atoms with Crippen LogP contribution in [0.2, 0.25) is 0 Å². The summed E-state index contributed by atoms with van der Waals surface area (Å²) in [5, 5.41) is 0. The van der Waals surface area contributed by atoms with Crippen molar-refractivity contribution in [3.05, 3.63) is 57.5 Å². The van der Waals surface area contributed by atoms with E-state index in [1.54, 1.807) is 0 Å². The number of rotatable bonds is 3. The fourth-order valence-corrected chi connectivity index (χ4v) is 2.27. The summed E-state index contributed by atoms with van der Waals surface area (Å²) in [6.07, 6.45) is 0.826. The van der Waals surface area contributed by atoms with Crippen molar-refractivity contribution in [3.63, 3.8) is 0 Å². The fourth-order valence-electron chi connectivity index (χ4n) is 2.00. The number of benzene rings is 1. The van der Waals surface area contributed by atoms with Crippen molar-refractivity contribution in [1.82, 2.24) is 0 Å². The van der Waals surface area contributed by atoms with E-state index < -0.39 is 0 Å². The topological polar surface area (TPSA) is 39.2 Å². The molecule has 0 aliphatic heterocycles. The van der Waals surface area contributed by atoms with Gasteiger partial charge in [-0.15, -0.1) is 0 Å². The molecule has 1 aromatic carbocycles. The van der Waals surface area contributed by atoms with Crippen molar-refractivity contribution in [2.24, 2.45) is 5.73 Å². The highest BCUT2D eigenvalue weighted by Crippen LogP contribution is 2.23. The highest BCUT2D eigenvalue weighted by atomic mass is 79.9. The summed E-state index contributed by atoms with van der Waals surface area (Å²) in [6.45, 7) is 3.91. The van der Waals surface area contributed by atoms with Crippen LogP contribution in [0.5, 0.6) is 0 Å². The number of hydrogen-bond acceptors (Lipinski definition) is 2. The minimum absolute atomic E-state index is 0.00590. The van der Waals surface area contributed by atoms with Crippen LogP contribution in [0.25, 0.3) is 0 Å². The molecule has 0 radical (unpaired) electrons. The third-order valence-corrected chi connectivity index (χ3v) is 3.38. The fraction of sp³-hybridized carbons (Fsp3) is 0.286. The second-order valence-corrected chi connectivity index (χ2v) is 5.22. The standard InChI is InChI=1S/C14H16BrNO/c1-9-7-13(10(2)17-9)14(16)8-11-3-5-12(15)6-4-11/h3-7,14H,8,16H2,1-2H3. The molecule has 1 heterocycles. The van der Waals surface area contributed by atoms with Crippen LogP contribution < -0.4 is 5.73 Å². The van der Waals surface area contributed by atoms with Gasteiger partial charge in [0.1, 0.15) is 11.5 Å². The summed E-state index contributed by atoms with van der Waals surface area (Å²) in [5.41, 5.74) is 8.54. The Morgan fingerprint density at radius 1 is 1.24 bits per heavy atom. The van der Waals surface area contributed by atoms with Crippen LogP contribution in [0.15, 0.2) is 39.2 Å². The average molecular weight is 294 g/mol. The highest BCUT2D eigenvalue weighted by Gasteiger charge is 2.13. The molecular weight excluding hydrogens is 278 g/mol. The highest BCUT2D eigenvalue weighted by molar-refractivity contribution is 9.10. The summed E-state index contributed by atoms with van der Waals surface area (Å²) in [7, 11) is 0. The van der Waals surface area contributed by atoms with Gasteiger partial charge in [-0.3, -0.25) is 0 Å². The normalized spacial score (nSPS) is 12.7. The molecule has 0 bridgehead atoms. The quantitative estimate of drug-likeness (QED) is 0.932. The van der Waals surface area contributed by atoms with Crippen LogP contribution in [-0.2, 0) is 6.42 Å². The average Bonchev–Trinajstić information content (AvgIpc) is 2.61. The first kappa shape index (κ1) is 12.4. The zero-order chi connectivity index (χ0) is 12.4. The Morgan fingerprint density at radius 3 is 2.41 bits per heavy atom. The van der Waals surface area contributed by atoms with Gasteiger partial charge < -0.3 is 10.2 Å². The lowest BCUT2D eigenvalue weighted by Gasteiger charge is -2.10. The summed E-state index contributed by atoms with van der Waals surface area (Å²) in [6, 6.07) is 10.3. The Balaban J connectivity index is 2.14. The first-order chi connectivity index (χ1) is 8.06. The zero-order valence-electron chi connectivity index (χ0n) is 10.0. The number of aryl methyl sites for hydroxylation is 2. The van der Waals surface area contributed by atoms with E-state index in [4.69, 9.17) is 10.2 Å². The smallest absolute Gasteiger partial charge is 0.105 e. The van der Waals surface area contributed by atoms with Gasteiger partial charge in [0.15, 0.2) is 0 Å². The van der Waals surface area contributed by atoms with Crippen molar-refractivity contribution in [2.45, 2.75) is 26.3 Å². The summed E-state index contributed by atoms with van der Waals surface area (Å²) in [5.74, 6) is 1.84. The van der Waals surface area contributed by atoms with Crippen LogP contribution in [0.4, 0.5) is 0 Å².